The highest BCUT2D eigenvalue weighted by atomic mass is 127. The highest BCUT2D eigenvalue weighted by molar-refractivity contribution is 5.22. The topological polar surface area (TPSA) is 18.5 Å². The molecule has 0 amide bonds. The van der Waals surface area contributed by atoms with Crippen molar-refractivity contribution >= 4 is 0 Å². The first-order valence-electron chi connectivity index (χ1n) is 16.4. The summed E-state index contributed by atoms with van der Waals surface area (Å²) >= 11 is -0.171. The number of ether oxygens (including phenoxy) is 2. The van der Waals surface area contributed by atoms with Crippen molar-refractivity contribution in [2.24, 2.45) is 0 Å². The van der Waals surface area contributed by atoms with Gasteiger partial charge in [0.1, 0.15) is 11.5 Å². The lowest BCUT2D eigenvalue weighted by Gasteiger charge is -2.06. The molecule has 39 heavy (non-hydrogen) atoms. The SMILES string of the molecule is CCCCCCCCCCCCOc1ccc([I+]c2ccc(OCCCCCCCCCCCC)cc2)cc1. The normalized spacial score (nSPS) is 11.1. The summed E-state index contributed by atoms with van der Waals surface area (Å²) in [4.78, 5) is 0. The number of rotatable bonds is 26. The fourth-order valence-corrected chi connectivity index (χ4v) is 7.03. The summed E-state index contributed by atoms with van der Waals surface area (Å²) in [7, 11) is 0. The first-order chi connectivity index (χ1) is 19.3. The molecule has 0 aromatic heterocycles. The Kier molecular flexibility index (Phi) is 21.4. The van der Waals surface area contributed by atoms with Gasteiger partial charge in [-0.2, -0.15) is 0 Å². The zero-order valence-corrected chi connectivity index (χ0v) is 27.5. The Hall–Kier alpha value is -1.23. The molecule has 0 N–H and O–H groups in total. The van der Waals surface area contributed by atoms with Gasteiger partial charge in [0.2, 0.25) is 0 Å². The van der Waals surface area contributed by atoms with Crippen molar-refractivity contribution in [1.29, 1.82) is 0 Å². The molecule has 3 heteroatoms. The Morgan fingerprint density at radius 1 is 0.385 bits per heavy atom. The maximum absolute atomic E-state index is 5.99. The summed E-state index contributed by atoms with van der Waals surface area (Å²) in [5.74, 6) is 2.02. The van der Waals surface area contributed by atoms with Crippen LogP contribution >= 0.6 is 0 Å². The van der Waals surface area contributed by atoms with Crippen LogP contribution in [0.5, 0.6) is 11.5 Å². The molecule has 220 valence electrons. The molecule has 0 atom stereocenters. The largest absolute Gasteiger partial charge is 0.494 e. The van der Waals surface area contributed by atoms with Crippen molar-refractivity contribution in [2.75, 3.05) is 13.2 Å². The summed E-state index contributed by atoms with van der Waals surface area (Å²) in [5, 5.41) is 0. The van der Waals surface area contributed by atoms with Crippen molar-refractivity contribution < 1.29 is 30.7 Å². The molecule has 2 nitrogen and oxygen atoms in total. The Morgan fingerprint density at radius 2 is 0.667 bits per heavy atom. The van der Waals surface area contributed by atoms with Crippen LogP contribution in [-0.4, -0.2) is 13.2 Å². The molecule has 2 rings (SSSR count). The highest BCUT2D eigenvalue weighted by Gasteiger charge is 2.15. The molecular formula is C36H58IO2+. The Labute approximate surface area is 252 Å². The summed E-state index contributed by atoms with van der Waals surface area (Å²) in [6.45, 7) is 6.25. The molecule has 0 saturated heterocycles. The van der Waals surface area contributed by atoms with Gasteiger partial charge in [-0.15, -0.1) is 0 Å². The number of halogens is 1. The van der Waals surface area contributed by atoms with E-state index in [0.717, 1.165) is 37.6 Å². The third-order valence-electron chi connectivity index (χ3n) is 7.38. The molecule has 0 heterocycles. The van der Waals surface area contributed by atoms with Gasteiger partial charge in [-0.3, -0.25) is 0 Å². The van der Waals surface area contributed by atoms with E-state index in [1.807, 2.05) is 0 Å². The Morgan fingerprint density at radius 3 is 0.974 bits per heavy atom. The quantitative estimate of drug-likeness (QED) is 0.0753. The van der Waals surface area contributed by atoms with E-state index in [2.05, 4.69) is 62.4 Å². The molecule has 0 aliphatic rings. The molecule has 2 aromatic carbocycles. The predicted octanol–water partition coefficient (Wildman–Crippen LogP) is 8.41. The zero-order valence-electron chi connectivity index (χ0n) is 25.4. The minimum absolute atomic E-state index is 0.171. The fourth-order valence-electron chi connectivity index (χ4n) is 4.87. The first kappa shape index (κ1) is 34.0. The maximum atomic E-state index is 5.99. The maximum Gasteiger partial charge on any atom is 0.357 e. The smallest absolute Gasteiger partial charge is 0.357 e. The summed E-state index contributed by atoms with van der Waals surface area (Å²) in [5.41, 5.74) is 0. The van der Waals surface area contributed by atoms with Gasteiger partial charge < -0.3 is 9.47 Å². The van der Waals surface area contributed by atoms with E-state index in [4.69, 9.17) is 9.47 Å². The van der Waals surface area contributed by atoms with Crippen LogP contribution in [0.1, 0.15) is 142 Å². The van der Waals surface area contributed by atoms with Crippen LogP contribution in [0.25, 0.3) is 0 Å². The molecule has 0 saturated carbocycles. The van der Waals surface area contributed by atoms with E-state index in [-0.39, 0.29) is 21.2 Å². The molecule has 0 unspecified atom stereocenters. The van der Waals surface area contributed by atoms with Gasteiger partial charge in [0, 0.05) is 0 Å². The second kappa shape index (κ2) is 24.6. The summed E-state index contributed by atoms with van der Waals surface area (Å²) in [6.07, 6.45) is 27.2. The van der Waals surface area contributed by atoms with Crippen LogP contribution in [0.15, 0.2) is 48.5 Å². The van der Waals surface area contributed by atoms with Crippen LogP contribution < -0.4 is 30.7 Å². The van der Waals surface area contributed by atoms with Gasteiger partial charge in [-0.05, 0) is 61.4 Å². The van der Waals surface area contributed by atoms with Crippen molar-refractivity contribution in [1.82, 2.24) is 0 Å². The molecule has 2 aromatic rings. The minimum Gasteiger partial charge on any atom is -0.494 e. The van der Waals surface area contributed by atoms with Crippen LogP contribution in [0.3, 0.4) is 0 Å². The van der Waals surface area contributed by atoms with E-state index in [1.54, 1.807) is 0 Å². The van der Waals surface area contributed by atoms with Gasteiger partial charge in [-0.1, -0.05) is 129 Å². The number of hydrogen-bond acceptors (Lipinski definition) is 2. The number of unbranched alkanes of at least 4 members (excludes halogenated alkanes) is 18. The van der Waals surface area contributed by atoms with E-state index in [0.29, 0.717) is 0 Å². The van der Waals surface area contributed by atoms with Gasteiger partial charge in [0.05, 0.1) is 13.2 Å². The van der Waals surface area contributed by atoms with Crippen molar-refractivity contribution in [2.45, 2.75) is 142 Å². The monoisotopic (exact) mass is 649 g/mol. The average molecular weight is 650 g/mol. The van der Waals surface area contributed by atoms with E-state index in [9.17, 15) is 0 Å². The van der Waals surface area contributed by atoms with Gasteiger partial charge >= 0.3 is 21.2 Å². The van der Waals surface area contributed by atoms with Crippen LogP contribution in [0, 0.1) is 7.14 Å². The van der Waals surface area contributed by atoms with E-state index in [1.165, 1.54) is 123 Å². The van der Waals surface area contributed by atoms with Crippen LogP contribution in [0.2, 0.25) is 0 Å². The van der Waals surface area contributed by atoms with Gasteiger partial charge in [-0.25, -0.2) is 0 Å². The number of benzene rings is 2. The standard InChI is InChI=1S/C36H58IO2/c1-3-5-7-9-11-13-15-17-19-21-31-38-35-27-23-33(24-28-35)37-34-25-29-36(30-26-34)39-32-22-20-18-16-14-12-10-8-6-4-2/h23-30H,3-22,31-32H2,1-2H3/q+1. The second-order valence-corrected chi connectivity index (χ2v) is 14.1. The minimum atomic E-state index is -0.171. The molecule has 0 bridgehead atoms. The van der Waals surface area contributed by atoms with E-state index < -0.39 is 0 Å². The lowest BCUT2D eigenvalue weighted by Crippen LogP contribution is -3.61. The number of hydrogen-bond donors (Lipinski definition) is 0. The van der Waals surface area contributed by atoms with E-state index >= 15 is 0 Å². The van der Waals surface area contributed by atoms with Crippen molar-refractivity contribution in [3.05, 3.63) is 55.7 Å². The van der Waals surface area contributed by atoms with Crippen LogP contribution in [-0.2, 0) is 0 Å². The molecule has 0 fully saturated rings. The van der Waals surface area contributed by atoms with Gasteiger partial charge in [0.15, 0.2) is 7.14 Å². The highest BCUT2D eigenvalue weighted by Crippen LogP contribution is 2.14. The Bertz CT molecular complexity index is 719. The van der Waals surface area contributed by atoms with Gasteiger partial charge in [0.25, 0.3) is 0 Å². The fraction of sp³-hybridized carbons (Fsp3) is 0.667. The summed E-state index contributed by atoms with van der Waals surface area (Å²) < 4.78 is 14.8. The zero-order chi connectivity index (χ0) is 27.6. The molecule has 0 radical (unpaired) electrons. The predicted molar refractivity (Wildman–Crippen MR) is 165 cm³/mol. The molecule has 0 spiro atoms. The first-order valence-corrected chi connectivity index (χ1v) is 18.6. The molecule has 0 aliphatic heterocycles. The lowest BCUT2D eigenvalue weighted by molar-refractivity contribution is -0.597. The summed E-state index contributed by atoms with van der Waals surface area (Å²) in [6, 6.07) is 17.6. The third kappa shape index (κ3) is 18.7. The molecule has 0 aliphatic carbocycles. The van der Waals surface area contributed by atoms with Crippen LogP contribution in [0.4, 0.5) is 0 Å². The average Bonchev–Trinajstić information content (AvgIpc) is 2.96. The lowest BCUT2D eigenvalue weighted by atomic mass is 10.1. The molecular weight excluding hydrogens is 591 g/mol. The third-order valence-corrected chi connectivity index (χ3v) is 10.1. The second-order valence-electron chi connectivity index (χ2n) is 11.1. The van der Waals surface area contributed by atoms with Crippen molar-refractivity contribution in [3.63, 3.8) is 0 Å². The van der Waals surface area contributed by atoms with Crippen molar-refractivity contribution in [3.8, 4) is 11.5 Å². The Balaban J connectivity index is 1.48.